The molecule has 0 radical (unpaired) electrons. The molecule has 2 aromatic heterocycles. The molecule has 0 atom stereocenters. The van der Waals surface area contributed by atoms with Crippen molar-refractivity contribution in [2.45, 2.75) is 33.0 Å². The van der Waals surface area contributed by atoms with Crippen LogP contribution in [0.5, 0.6) is 0 Å². The quantitative estimate of drug-likeness (QED) is 0.905. The second-order valence-electron chi connectivity index (χ2n) is 4.06. The van der Waals surface area contributed by atoms with Crippen molar-refractivity contribution in [2.75, 3.05) is 0 Å². The van der Waals surface area contributed by atoms with Crippen LogP contribution in [0.3, 0.4) is 0 Å². The average Bonchev–Trinajstić information content (AvgIpc) is 2.87. The first kappa shape index (κ1) is 14.2. The summed E-state index contributed by atoms with van der Waals surface area (Å²) in [5, 5.41) is 9.98. The first-order valence-electron chi connectivity index (χ1n) is 5.53. The normalized spacial score (nSPS) is 10.5. The Bertz CT molecular complexity index is 423. The molecule has 2 aromatic rings. The van der Waals surface area contributed by atoms with Crippen LogP contribution in [0, 0.1) is 0 Å². The van der Waals surface area contributed by atoms with Crippen molar-refractivity contribution in [1.82, 2.24) is 15.1 Å². The molecule has 2 rings (SSSR count). The number of thiophene rings is 1. The highest BCUT2D eigenvalue weighted by molar-refractivity contribution is 7.09. The number of halogens is 1. The summed E-state index contributed by atoms with van der Waals surface area (Å²) in [4.78, 5) is 1.36. The first-order chi connectivity index (χ1) is 7.75. The van der Waals surface area contributed by atoms with Crippen LogP contribution in [-0.2, 0) is 13.1 Å². The number of aromatic nitrogens is 2. The van der Waals surface area contributed by atoms with Gasteiger partial charge in [-0.1, -0.05) is 6.07 Å². The van der Waals surface area contributed by atoms with Crippen molar-refractivity contribution in [3.05, 3.63) is 40.3 Å². The van der Waals surface area contributed by atoms with E-state index < -0.39 is 0 Å². The highest BCUT2D eigenvalue weighted by Crippen LogP contribution is 2.08. The maximum Gasteiger partial charge on any atom is 0.0762 e. The van der Waals surface area contributed by atoms with Crippen LogP contribution in [0.2, 0.25) is 0 Å². The van der Waals surface area contributed by atoms with Gasteiger partial charge in [0.25, 0.3) is 0 Å². The molecule has 0 unspecified atom stereocenters. The predicted molar refractivity (Wildman–Crippen MR) is 74.7 cm³/mol. The third-order valence-electron chi connectivity index (χ3n) is 2.38. The topological polar surface area (TPSA) is 29.9 Å². The lowest BCUT2D eigenvalue weighted by atomic mass is 10.4. The summed E-state index contributed by atoms with van der Waals surface area (Å²) >= 11 is 1.78. The van der Waals surface area contributed by atoms with E-state index in [4.69, 9.17) is 0 Å². The minimum atomic E-state index is 0. The summed E-state index contributed by atoms with van der Waals surface area (Å²) in [6.07, 6.45) is 2.03. The third kappa shape index (κ3) is 4.15. The van der Waals surface area contributed by atoms with E-state index in [0.717, 1.165) is 18.8 Å². The van der Waals surface area contributed by atoms with Gasteiger partial charge in [-0.05, 0) is 31.4 Å². The van der Waals surface area contributed by atoms with Gasteiger partial charge in [-0.3, -0.25) is 4.68 Å². The molecule has 0 saturated carbocycles. The number of hydrogen-bond donors (Lipinski definition) is 1. The van der Waals surface area contributed by atoms with Crippen LogP contribution >= 0.6 is 23.7 Å². The molecule has 0 aliphatic heterocycles. The minimum absolute atomic E-state index is 0. The van der Waals surface area contributed by atoms with E-state index in [1.54, 1.807) is 11.3 Å². The lowest BCUT2D eigenvalue weighted by Gasteiger charge is -2.04. The van der Waals surface area contributed by atoms with Crippen LogP contribution < -0.4 is 5.32 Å². The Morgan fingerprint density at radius 3 is 2.76 bits per heavy atom. The van der Waals surface area contributed by atoms with Gasteiger partial charge in [0.2, 0.25) is 0 Å². The molecular weight excluding hydrogens is 254 g/mol. The van der Waals surface area contributed by atoms with Gasteiger partial charge in [-0.2, -0.15) is 5.10 Å². The largest absolute Gasteiger partial charge is 0.306 e. The SMILES string of the molecule is CC(C)n1ccc(CNCc2cccs2)n1.Cl. The Balaban J connectivity index is 0.00000144. The van der Waals surface area contributed by atoms with E-state index in [9.17, 15) is 0 Å². The summed E-state index contributed by atoms with van der Waals surface area (Å²) in [6, 6.07) is 6.73. The highest BCUT2D eigenvalue weighted by Gasteiger charge is 2.01. The molecule has 0 aliphatic rings. The lowest BCUT2D eigenvalue weighted by molar-refractivity contribution is 0.521. The van der Waals surface area contributed by atoms with Crippen molar-refractivity contribution < 1.29 is 0 Å². The minimum Gasteiger partial charge on any atom is -0.306 e. The standard InChI is InChI=1S/C12H17N3S.ClH/c1-10(2)15-6-5-11(14-15)8-13-9-12-4-3-7-16-12;/h3-7,10,13H,8-9H2,1-2H3;1H. The van der Waals surface area contributed by atoms with E-state index in [1.165, 1.54) is 4.88 Å². The van der Waals surface area contributed by atoms with E-state index in [1.807, 2.05) is 10.9 Å². The van der Waals surface area contributed by atoms with Gasteiger partial charge in [0.1, 0.15) is 0 Å². The maximum absolute atomic E-state index is 4.49. The van der Waals surface area contributed by atoms with Crippen LogP contribution in [0.15, 0.2) is 29.8 Å². The van der Waals surface area contributed by atoms with Gasteiger partial charge in [-0.25, -0.2) is 0 Å². The van der Waals surface area contributed by atoms with Crippen LogP contribution in [0.25, 0.3) is 0 Å². The van der Waals surface area contributed by atoms with Gasteiger partial charge in [0, 0.05) is 30.2 Å². The van der Waals surface area contributed by atoms with E-state index in [-0.39, 0.29) is 12.4 Å². The molecule has 5 heteroatoms. The molecule has 17 heavy (non-hydrogen) atoms. The van der Waals surface area contributed by atoms with Gasteiger partial charge in [-0.15, -0.1) is 23.7 Å². The molecule has 0 fully saturated rings. The third-order valence-corrected chi connectivity index (χ3v) is 3.25. The molecule has 0 saturated heterocycles. The Labute approximate surface area is 112 Å². The Hall–Kier alpha value is -0.840. The van der Waals surface area contributed by atoms with E-state index in [2.05, 4.69) is 47.8 Å². The molecule has 0 amide bonds. The molecule has 1 N–H and O–H groups in total. The fourth-order valence-corrected chi connectivity index (χ4v) is 2.16. The van der Waals surface area contributed by atoms with Gasteiger partial charge in [0.05, 0.1) is 5.69 Å². The fourth-order valence-electron chi connectivity index (χ4n) is 1.49. The van der Waals surface area contributed by atoms with Gasteiger partial charge in [0.15, 0.2) is 0 Å². The molecule has 0 aliphatic carbocycles. The predicted octanol–water partition coefficient (Wildman–Crippen LogP) is 3.24. The summed E-state index contributed by atoms with van der Waals surface area (Å²) < 4.78 is 1.99. The summed E-state index contributed by atoms with van der Waals surface area (Å²) in [6.45, 7) is 6.02. The molecule has 3 nitrogen and oxygen atoms in total. The van der Waals surface area contributed by atoms with Crippen LogP contribution in [0.4, 0.5) is 0 Å². The summed E-state index contributed by atoms with van der Waals surface area (Å²) in [5.74, 6) is 0. The van der Waals surface area contributed by atoms with Crippen LogP contribution in [-0.4, -0.2) is 9.78 Å². The van der Waals surface area contributed by atoms with Crippen molar-refractivity contribution in [1.29, 1.82) is 0 Å². The van der Waals surface area contributed by atoms with Gasteiger partial charge >= 0.3 is 0 Å². The van der Waals surface area contributed by atoms with Crippen molar-refractivity contribution in [3.63, 3.8) is 0 Å². The van der Waals surface area contributed by atoms with Crippen molar-refractivity contribution in [2.24, 2.45) is 0 Å². The monoisotopic (exact) mass is 271 g/mol. The molecular formula is C12H18ClN3S. The molecule has 2 heterocycles. The Morgan fingerprint density at radius 1 is 1.35 bits per heavy atom. The molecule has 0 spiro atoms. The zero-order chi connectivity index (χ0) is 11.4. The maximum atomic E-state index is 4.49. The summed E-state index contributed by atoms with van der Waals surface area (Å²) in [7, 11) is 0. The van der Waals surface area contributed by atoms with Crippen LogP contribution in [0.1, 0.15) is 30.5 Å². The summed E-state index contributed by atoms with van der Waals surface area (Å²) in [5.41, 5.74) is 1.10. The smallest absolute Gasteiger partial charge is 0.0762 e. The van der Waals surface area contributed by atoms with Crippen molar-refractivity contribution >= 4 is 23.7 Å². The highest BCUT2D eigenvalue weighted by atomic mass is 35.5. The number of hydrogen-bond acceptors (Lipinski definition) is 3. The first-order valence-corrected chi connectivity index (χ1v) is 6.41. The molecule has 0 aromatic carbocycles. The Morgan fingerprint density at radius 2 is 2.18 bits per heavy atom. The second-order valence-corrected chi connectivity index (χ2v) is 5.10. The zero-order valence-corrected chi connectivity index (χ0v) is 11.7. The molecule has 0 bridgehead atoms. The fraction of sp³-hybridized carbons (Fsp3) is 0.417. The zero-order valence-electron chi connectivity index (χ0n) is 10.1. The lowest BCUT2D eigenvalue weighted by Crippen LogP contribution is -2.12. The van der Waals surface area contributed by atoms with E-state index >= 15 is 0 Å². The van der Waals surface area contributed by atoms with Crippen molar-refractivity contribution in [3.8, 4) is 0 Å². The number of nitrogens with one attached hydrogen (secondary N) is 1. The van der Waals surface area contributed by atoms with E-state index in [0.29, 0.717) is 6.04 Å². The average molecular weight is 272 g/mol. The second kappa shape index (κ2) is 6.79. The number of nitrogens with zero attached hydrogens (tertiary/aromatic N) is 2. The molecule has 94 valence electrons. The van der Waals surface area contributed by atoms with Gasteiger partial charge < -0.3 is 5.32 Å². The number of rotatable bonds is 5. The Kier molecular flexibility index (Phi) is 5.68.